The molecule has 0 spiro atoms. The van der Waals surface area contributed by atoms with Crippen LogP contribution < -0.4 is 5.32 Å². The molecule has 1 heterocycles. The van der Waals surface area contributed by atoms with Gasteiger partial charge in [-0.15, -0.1) is 11.3 Å². The van der Waals surface area contributed by atoms with E-state index in [4.69, 9.17) is 5.11 Å². The lowest BCUT2D eigenvalue weighted by Crippen LogP contribution is -2.31. The normalized spacial score (nSPS) is 15.7. The molecule has 0 unspecified atom stereocenters. The van der Waals surface area contributed by atoms with Gasteiger partial charge in [0.25, 0.3) is 0 Å². The van der Waals surface area contributed by atoms with Crippen LogP contribution in [0.3, 0.4) is 0 Å². The van der Waals surface area contributed by atoms with E-state index in [1.807, 2.05) is 13.0 Å². The van der Waals surface area contributed by atoms with Gasteiger partial charge in [-0.3, -0.25) is 0 Å². The summed E-state index contributed by atoms with van der Waals surface area (Å²) in [5, 5.41) is 12.2. The molecule has 0 amide bonds. The number of aliphatic hydroxyl groups excluding tert-OH is 1. The number of hydrogen-bond donors (Lipinski definition) is 2. The van der Waals surface area contributed by atoms with E-state index in [1.165, 1.54) is 4.88 Å². The number of thiophene rings is 1. The summed E-state index contributed by atoms with van der Waals surface area (Å²) in [7, 11) is 0. The third kappa shape index (κ3) is 3.38. The first-order chi connectivity index (χ1) is 6.13. The Labute approximate surface area is 91.1 Å². The van der Waals surface area contributed by atoms with Crippen molar-refractivity contribution in [3.05, 3.63) is 20.8 Å². The Hall–Kier alpha value is 0.1000. The maximum atomic E-state index is 8.87. The van der Waals surface area contributed by atoms with Crippen molar-refractivity contribution >= 4 is 27.3 Å². The van der Waals surface area contributed by atoms with Gasteiger partial charge in [-0.05, 0) is 41.9 Å². The lowest BCUT2D eigenvalue weighted by Gasteiger charge is -2.16. The SMILES string of the molecule is C[C@@H](CO)N[C@H](C)c1ccc(Br)s1. The van der Waals surface area contributed by atoms with Gasteiger partial charge in [0.1, 0.15) is 0 Å². The van der Waals surface area contributed by atoms with Crippen molar-refractivity contribution in [1.82, 2.24) is 5.32 Å². The van der Waals surface area contributed by atoms with E-state index in [2.05, 4.69) is 34.2 Å². The molecule has 2 nitrogen and oxygen atoms in total. The van der Waals surface area contributed by atoms with Crippen LogP contribution in [0, 0.1) is 0 Å². The summed E-state index contributed by atoms with van der Waals surface area (Å²) in [5.41, 5.74) is 0. The molecule has 0 aliphatic carbocycles. The average molecular weight is 264 g/mol. The lowest BCUT2D eigenvalue weighted by atomic mass is 10.2. The Kier molecular flexibility index (Phi) is 4.38. The van der Waals surface area contributed by atoms with Crippen LogP contribution in [0.5, 0.6) is 0 Å². The molecule has 2 N–H and O–H groups in total. The average Bonchev–Trinajstić information content (AvgIpc) is 2.51. The zero-order valence-corrected chi connectivity index (χ0v) is 10.2. The maximum Gasteiger partial charge on any atom is 0.0701 e. The molecular formula is C9H14BrNOS. The Morgan fingerprint density at radius 2 is 2.23 bits per heavy atom. The fourth-order valence-corrected chi connectivity index (χ4v) is 2.56. The maximum absolute atomic E-state index is 8.87. The number of nitrogens with one attached hydrogen (secondary N) is 1. The van der Waals surface area contributed by atoms with Gasteiger partial charge >= 0.3 is 0 Å². The molecule has 0 saturated carbocycles. The zero-order chi connectivity index (χ0) is 9.84. The van der Waals surface area contributed by atoms with E-state index < -0.39 is 0 Å². The minimum atomic E-state index is 0.149. The zero-order valence-electron chi connectivity index (χ0n) is 7.75. The predicted octanol–water partition coefficient (Wildman–Crippen LogP) is 2.54. The number of rotatable bonds is 4. The summed E-state index contributed by atoms with van der Waals surface area (Å²) in [6.07, 6.45) is 0. The molecule has 2 atom stereocenters. The van der Waals surface area contributed by atoms with Crippen molar-refractivity contribution in [2.75, 3.05) is 6.61 Å². The van der Waals surface area contributed by atoms with Crippen LogP contribution in [-0.2, 0) is 0 Å². The van der Waals surface area contributed by atoms with Gasteiger partial charge in [0.2, 0.25) is 0 Å². The second-order valence-electron chi connectivity index (χ2n) is 3.11. The van der Waals surface area contributed by atoms with Crippen molar-refractivity contribution < 1.29 is 5.11 Å². The minimum absolute atomic E-state index is 0.149. The van der Waals surface area contributed by atoms with Crippen LogP contribution in [-0.4, -0.2) is 17.8 Å². The highest BCUT2D eigenvalue weighted by Gasteiger charge is 2.10. The Morgan fingerprint density at radius 3 is 2.69 bits per heavy atom. The van der Waals surface area contributed by atoms with Gasteiger partial charge in [-0.25, -0.2) is 0 Å². The van der Waals surface area contributed by atoms with Gasteiger partial charge in [0.15, 0.2) is 0 Å². The quantitative estimate of drug-likeness (QED) is 0.876. The van der Waals surface area contributed by atoms with Crippen LogP contribution >= 0.6 is 27.3 Å². The highest BCUT2D eigenvalue weighted by atomic mass is 79.9. The fourth-order valence-electron chi connectivity index (χ4n) is 1.12. The molecule has 0 fully saturated rings. The first-order valence-electron chi connectivity index (χ1n) is 4.25. The van der Waals surface area contributed by atoms with Gasteiger partial charge in [-0.1, -0.05) is 0 Å². The fraction of sp³-hybridized carbons (Fsp3) is 0.556. The Bertz CT molecular complexity index is 264. The molecule has 1 rings (SSSR count). The molecule has 0 saturated heterocycles. The van der Waals surface area contributed by atoms with Crippen LogP contribution in [0.1, 0.15) is 24.8 Å². The second-order valence-corrected chi connectivity index (χ2v) is 5.61. The van der Waals surface area contributed by atoms with Crippen molar-refractivity contribution in [3.8, 4) is 0 Å². The molecule has 0 aliphatic heterocycles. The van der Waals surface area contributed by atoms with Gasteiger partial charge in [0.05, 0.1) is 10.4 Å². The summed E-state index contributed by atoms with van der Waals surface area (Å²) in [4.78, 5) is 1.28. The van der Waals surface area contributed by atoms with Gasteiger partial charge in [-0.2, -0.15) is 0 Å². The highest BCUT2D eigenvalue weighted by Crippen LogP contribution is 2.27. The molecule has 1 aromatic heterocycles. The smallest absolute Gasteiger partial charge is 0.0701 e. The van der Waals surface area contributed by atoms with E-state index in [0.717, 1.165) is 3.79 Å². The third-order valence-electron chi connectivity index (χ3n) is 1.83. The van der Waals surface area contributed by atoms with E-state index in [0.29, 0.717) is 6.04 Å². The number of halogens is 1. The summed E-state index contributed by atoms with van der Waals surface area (Å²) in [6, 6.07) is 4.59. The molecular weight excluding hydrogens is 250 g/mol. The number of hydrogen-bond acceptors (Lipinski definition) is 3. The highest BCUT2D eigenvalue weighted by molar-refractivity contribution is 9.11. The molecule has 1 aromatic rings. The first kappa shape index (κ1) is 11.2. The van der Waals surface area contributed by atoms with E-state index in [1.54, 1.807) is 11.3 Å². The van der Waals surface area contributed by atoms with E-state index in [-0.39, 0.29) is 12.6 Å². The summed E-state index contributed by atoms with van der Waals surface area (Å²) in [5.74, 6) is 0. The first-order valence-corrected chi connectivity index (χ1v) is 5.86. The molecule has 74 valence electrons. The second kappa shape index (κ2) is 5.10. The Morgan fingerprint density at radius 1 is 1.54 bits per heavy atom. The van der Waals surface area contributed by atoms with Crippen molar-refractivity contribution in [3.63, 3.8) is 0 Å². The van der Waals surface area contributed by atoms with Crippen LogP contribution in [0.4, 0.5) is 0 Å². The standard InChI is InChI=1S/C9H14BrNOS/c1-6(5-12)11-7(2)8-3-4-9(10)13-8/h3-4,6-7,11-12H,5H2,1-2H3/t6-,7+/m0/s1. The van der Waals surface area contributed by atoms with Crippen LogP contribution in [0.2, 0.25) is 0 Å². The molecule has 4 heteroatoms. The number of aliphatic hydroxyl groups is 1. The van der Waals surface area contributed by atoms with Crippen molar-refractivity contribution in [2.45, 2.75) is 25.9 Å². The molecule has 13 heavy (non-hydrogen) atoms. The molecule has 0 bridgehead atoms. The predicted molar refractivity (Wildman–Crippen MR) is 60.1 cm³/mol. The Balaban J connectivity index is 2.53. The largest absolute Gasteiger partial charge is 0.395 e. The van der Waals surface area contributed by atoms with Crippen molar-refractivity contribution in [2.24, 2.45) is 0 Å². The minimum Gasteiger partial charge on any atom is -0.395 e. The lowest BCUT2D eigenvalue weighted by molar-refractivity contribution is 0.243. The summed E-state index contributed by atoms with van der Waals surface area (Å²) < 4.78 is 1.15. The monoisotopic (exact) mass is 263 g/mol. The van der Waals surface area contributed by atoms with E-state index >= 15 is 0 Å². The summed E-state index contributed by atoms with van der Waals surface area (Å²) >= 11 is 5.15. The summed E-state index contributed by atoms with van der Waals surface area (Å²) in [6.45, 7) is 4.25. The van der Waals surface area contributed by atoms with E-state index in [9.17, 15) is 0 Å². The molecule has 0 aliphatic rings. The van der Waals surface area contributed by atoms with Gasteiger partial charge < -0.3 is 10.4 Å². The molecule has 0 aromatic carbocycles. The third-order valence-corrected chi connectivity index (χ3v) is 3.64. The van der Waals surface area contributed by atoms with Crippen molar-refractivity contribution in [1.29, 1.82) is 0 Å². The van der Waals surface area contributed by atoms with Crippen LogP contribution in [0.15, 0.2) is 15.9 Å². The molecule has 0 radical (unpaired) electrons. The topological polar surface area (TPSA) is 32.3 Å². The van der Waals surface area contributed by atoms with Crippen LogP contribution in [0.25, 0.3) is 0 Å². The van der Waals surface area contributed by atoms with Gasteiger partial charge in [0, 0.05) is 17.0 Å².